The standard InChI is InChI=1S/C10H14O4S.C6H14NO3/c1-6(2)8-5-10(15(12,13)14)7(3)4-9(8)11;8-4-1-7(2-5-9)3-6-10/h4-6,11H,1-3H3,(H,12,13,14);1,8-10H,2-6H2/q;+1/p-1. The van der Waals surface area contributed by atoms with Crippen LogP contribution in [0.1, 0.15) is 30.9 Å². The van der Waals surface area contributed by atoms with Crippen molar-refractivity contribution in [2.75, 3.05) is 32.9 Å². The smallest absolute Gasteiger partial charge is 0.165 e. The minimum absolute atomic E-state index is 0.0231. The van der Waals surface area contributed by atoms with Gasteiger partial charge in [-0.2, -0.15) is 0 Å². The molecule has 1 aromatic rings. The Morgan fingerprint density at radius 3 is 2.04 bits per heavy atom. The molecule has 1 rings (SSSR count). The quantitative estimate of drug-likeness (QED) is 0.292. The van der Waals surface area contributed by atoms with Gasteiger partial charge in [-0.15, -0.1) is 0 Å². The first-order valence-corrected chi connectivity index (χ1v) is 9.18. The summed E-state index contributed by atoms with van der Waals surface area (Å²) in [7, 11) is -4.47. The van der Waals surface area contributed by atoms with Crippen LogP contribution in [0.25, 0.3) is 0 Å². The molecule has 8 nitrogen and oxygen atoms in total. The second kappa shape index (κ2) is 11.2. The Balaban J connectivity index is 0.000000504. The topological polar surface area (TPSA) is 141 Å². The van der Waals surface area contributed by atoms with Crippen LogP contribution in [0, 0.1) is 6.92 Å². The lowest BCUT2D eigenvalue weighted by Gasteiger charge is -2.15. The highest BCUT2D eigenvalue weighted by Crippen LogP contribution is 2.30. The molecule has 0 fully saturated rings. The highest BCUT2D eigenvalue weighted by Gasteiger charge is 2.13. The third kappa shape index (κ3) is 8.41. The molecule has 0 aliphatic rings. The monoisotopic (exact) mass is 377 g/mol. The van der Waals surface area contributed by atoms with E-state index in [-0.39, 0.29) is 41.9 Å². The van der Waals surface area contributed by atoms with Crippen molar-refractivity contribution in [2.24, 2.45) is 0 Å². The minimum atomic E-state index is -4.47. The van der Waals surface area contributed by atoms with E-state index >= 15 is 0 Å². The zero-order valence-electron chi connectivity index (χ0n) is 14.7. The van der Waals surface area contributed by atoms with Crippen molar-refractivity contribution in [1.82, 2.24) is 0 Å². The number of hydrogen-bond acceptors (Lipinski definition) is 7. The summed E-state index contributed by atoms with van der Waals surface area (Å²) in [5, 5.41) is 34.9. The third-order valence-corrected chi connectivity index (χ3v) is 4.31. The van der Waals surface area contributed by atoms with E-state index < -0.39 is 10.1 Å². The molecular weight excluding hydrogens is 350 g/mol. The molecule has 25 heavy (non-hydrogen) atoms. The van der Waals surface area contributed by atoms with E-state index in [0.717, 1.165) is 0 Å². The molecule has 144 valence electrons. The van der Waals surface area contributed by atoms with Crippen LogP contribution >= 0.6 is 0 Å². The van der Waals surface area contributed by atoms with E-state index in [9.17, 15) is 18.1 Å². The lowest BCUT2D eigenvalue weighted by Crippen LogP contribution is -2.22. The number of hydrogen-bond donors (Lipinski definition) is 4. The molecule has 0 saturated heterocycles. The van der Waals surface area contributed by atoms with Gasteiger partial charge in [-0.25, -0.2) is 13.0 Å². The Labute approximate surface area is 148 Å². The predicted octanol–water partition coefficient (Wildman–Crippen LogP) is -0.225. The molecule has 9 heteroatoms. The summed E-state index contributed by atoms with van der Waals surface area (Å²) >= 11 is 0. The van der Waals surface area contributed by atoms with Crippen LogP contribution in [-0.4, -0.2) is 77.1 Å². The van der Waals surface area contributed by atoms with Gasteiger partial charge in [0.1, 0.15) is 35.7 Å². The van der Waals surface area contributed by atoms with Crippen LogP contribution in [0.5, 0.6) is 5.75 Å². The normalized spacial score (nSPS) is 11.0. The summed E-state index contributed by atoms with van der Waals surface area (Å²) < 4.78 is 34.4. The van der Waals surface area contributed by atoms with Crippen LogP contribution in [-0.2, 0) is 10.1 Å². The van der Waals surface area contributed by atoms with Gasteiger partial charge >= 0.3 is 0 Å². The van der Waals surface area contributed by atoms with E-state index in [1.165, 1.54) is 25.3 Å². The highest BCUT2D eigenvalue weighted by molar-refractivity contribution is 7.85. The fourth-order valence-electron chi connectivity index (χ4n) is 2.09. The van der Waals surface area contributed by atoms with Gasteiger partial charge in [-0.05, 0) is 36.1 Å². The summed E-state index contributed by atoms with van der Waals surface area (Å²) in [6.07, 6.45) is 1.53. The van der Waals surface area contributed by atoms with Gasteiger partial charge in [0.05, 0.1) is 4.90 Å². The molecule has 0 saturated carbocycles. The number of phenolic OH excluding ortho intramolecular Hbond substituents is 1. The Morgan fingerprint density at radius 2 is 1.68 bits per heavy atom. The van der Waals surface area contributed by atoms with Crippen LogP contribution in [0.2, 0.25) is 0 Å². The molecule has 0 atom stereocenters. The molecule has 0 aromatic heterocycles. The molecule has 0 bridgehead atoms. The molecule has 0 aliphatic carbocycles. The first kappa shape index (κ1) is 23.5. The van der Waals surface area contributed by atoms with Crippen molar-refractivity contribution >= 4 is 16.3 Å². The van der Waals surface area contributed by atoms with Crippen molar-refractivity contribution in [1.29, 1.82) is 0 Å². The number of aliphatic hydroxyl groups excluding tert-OH is 3. The highest BCUT2D eigenvalue weighted by atomic mass is 32.2. The van der Waals surface area contributed by atoms with Gasteiger partial charge in [0, 0.05) is 0 Å². The maximum Gasteiger partial charge on any atom is 0.165 e. The Kier molecular flexibility index (Phi) is 10.5. The number of benzene rings is 1. The second-order valence-corrected chi connectivity index (χ2v) is 6.98. The number of phenols is 1. The molecule has 0 heterocycles. The molecule has 0 spiro atoms. The lowest BCUT2D eigenvalue weighted by molar-refractivity contribution is -0.529. The largest absolute Gasteiger partial charge is 0.744 e. The Morgan fingerprint density at radius 1 is 1.16 bits per heavy atom. The maximum absolute atomic E-state index is 10.9. The van der Waals surface area contributed by atoms with Crippen molar-refractivity contribution in [3.8, 4) is 5.75 Å². The minimum Gasteiger partial charge on any atom is -0.744 e. The van der Waals surface area contributed by atoms with E-state index in [0.29, 0.717) is 18.7 Å². The molecule has 1 aromatic carbocycles. The number of rotatable bonds is 7. The molecule has 4 N–H and O–H groups in total. The van der Waals surface area contributed by atoms with E-state index in [4.69, 9.17) is 15.3 Å². The van der Waals surface area contributed by atoms with E-state index in [1.54, 1.807) is 4.58 Å². The van der Waals surface area contributed by atoms with Gasteiger partial charge in [0.2, 0.25) is 0 Å². The molecular formula is C16H27NO7S. The molecule has 0 amide bonds. The SMILES string of the molecule is Cc1cc(O)c(C(C)C)cc1S(=O)(=O)[O-].OCC=[N+](CCO)CCO. The maximum atomic E-state index is 10.9. The molecule has 0 radical (unpaired) electrons. The average Bonchev–Trinajstić information content (AvgIpc) is 2.47. The Hall–Kier alpha value is -1.52. The first-order chi connectivity index (χ1) is 11.6. The molecule has 0 aliphatic heterocycles. The van der Waals surface area contributed by atoms with Crippen LogP contribution in [0.3, 0.4) is 0 Å². The van der Waals surface area contributed by atoms with Gasteiger partial charge < -0.3 is 25.0 Å². The third-order valence-electron chi connectivity index (χ3n) is 3.33. The summed E-state index contributed by atoms with van der Waals surface area (Å²) in [5.74, 6) is -0.0130. The average molecular weight is 377 g/mol. The van der Waals surface area contributed by atoms with Gasteiger partial charge in [0.15, 0.2) is 19.3 Å². The Bertz CT molecular complexity index is 661. The van der Waals surface area contributed by atoms with Gasteiger partial charge in [-0.3, -0.25) is 0 Å². The predicted molar refractivity (Wildman–Crippen MR) is 92.2 cm³/mol. The number of nitrogens with zero attached hydrogens (tertiary/aromatic N) is 1. The van der Waals surface area contributed by atoms with Crippen LogP contribution in [0.15, 0.2) is 17.0 Å². The van der Waals surface area contributed by atoms with Crippen molar-refractivity contribution in [2.45, 2.75) is 31.6 Å². The fraction of sp³-hybridized carbons (Fsp3) is 0.562. The second-order valence-electron chi connectivity index (χ2n) is 5.63. The van der Waals surface area contributed by atoms with Crippen LogP contribution < -0.4 is 0 Å². The summed E-state index contributed by atoms with van der Waals surface area (Å²) in [6.45, 7) is 6.04. The zero-order valence-corrected chi connectivity index (χ0v) is 15.5. The van der Waals surface area contributed by atoms with E-state index in [2.05, 4.69) is 0 Å². The van der Waals surface area contributed by atoms with Crippen molar-refractivity contribution < 1.29 is 38.0 Å². The first-order valence-electron chi connectivity index (χ1n) is 7.77. The number of aromatic hydroxyl groups is 1. The molecule has 0 unspecified atom stereocenters. The summed E-state index contributed by atoms with van der Waals surface area (Å²) in [6, 6.07) is 2.55. The summed E-state index contributed by atoms with van der Waals surface area (Å²) in [4.78, 5) is -0.260. The van der Waals surface area contributed by atoms with Gasteiger partial charge in [-0.1, -0.05) is 13.8 Å². The lowest BCUT2D eigenvalue weighted by atomic mass is 10.0. The zero-order chi connectivity index (χ0) is 19.6. The number of aryl methyl sites for hydroxylation is 1. The van der Waals surface area contributed by atoms with Crippen molar-refractivity contribution in [3.63, 3.8) is 0 Å². The van der Waals surface area contributed by atoms with Crippen LogP contribution in [0.4, 0.5) is 0 Å². The number of aliphatic hydroxyl groups is 3. The van der Waals surface area contributed by atoms with E-state index in [1.807, 2.05) is 13.8 Å². The van der Waals surface area contributed by atoms with Gasteiger partial charge in [0.25, 0.3) is 0 Å². The fourth-order valence-corrected chi connectivity index (χ4v) is 2.81. The van der Waals surface area contributed by atoms with Crippen molar-refractivity contribution in [3.05, 3.63) is 23.3 Å². The summed E-state index contributed by atoms with van der Waals surface area (Å²) in [5.41, 5.74) is 0.738.